The third kappa shape index (κ3) is 4.02. The number of aromatic nitrogens is 2. The molecule has 0 fully saturated rings. The van der Waals surface area contributed by atoms with Crippen molar-refractivity contribution in [2.75, 3.05) is 18.9 Å². The first-order valence-corrected chi connectivity index (χ1v) is 7.04. The minimum absolute atomic E-state index is 0.0430. The number of pyridine rings is 2. The molecule has 0 unspecified atom stereocenters. The second-order valence-corrected chi connectivity index (χ2v) is 4.86. The van der Waals surface area contributed by atoms with E-state index in [1.807, 2.05) is 18.2 Å². The van der Waals surface area contributed by atoms with Crippen LogP contribution in [0.5, 0.6) is 0 Å². The zero-order valence-corrected chi connectivity index (χ0v) is 12.4. The van der Waals surface area contributed by atoms with Gasteiger partial charge in [0.2, 0.25) is 0 Å². The molecule has 2 aromatic heterocycles. The van der Waals surface area contributed by atoms with Crippen molar-refractivity contribution in [3.05, 3.63) is 54.1 Å². The topological polar surface area (TPSA) is 58.1 Å². The number of carbonyl (C=O) groups excluding carboxylic acids is 1. The van der Waals surface area contributed by atoms with Gasteiger partial charge in [-0.1, -0.05) is 6.92 Å². The highest BCUT2D eigenvalue weighted by molar-refractivity contribution is 5.99. The lowest BCUT2D eigenvalue weighted by molar-refractivity contribution is 0.0785. The maximum Gasteiger partial charge on any atom is 0.257 e. The molecule has 2 heterocycles. The van der Waals surface area contributed by atoms with E-state index in [2.05, 4.69) is 22.2 Å². The summed E-state index contributed by atoms with van der Waals surface area (Å²) in [4.78, 5) is 22.3. The van der Waals surface area contributed by atoms with E-state index in [1.54, 1.807) is 36.7 Å². The molecule has 0 atom stereocenters. The van der Waals surface area contributed by atoms with Crippen LogP contribution < -0.4 is 5.32 Å². The zero-order valence-electron chi connectivity index (χ0n) is 12.4. The molecule has 0 bridgehead atoms. The van der Waals surface area contributed by atoms with Gasteiger partial charge in [-0.05, 0) is 30.2 Å². The molecule has 5 heteroatoms. The van der Waals surface area contributed by atoms with Crippen LogP contribution in [0.25, 0.3) is 0 Å². The molecule has 0 saturated carbocycles. The second kappa shape index (κ2) is 7.38. The van der Waals surface area contributed by atoms with Gasteiger partial charge < -0.3 is 10.2 Å². The van der Waals surface area contributed by atoms with Gasteiger partial charge in [0.1, 0.15) is 0 Å². The number of amides is 1. The van der Waals surface area contributed by atoms with Crippen LogP contribution in [0, 0.1) is 0 Å². The summed E-state index contributed by atoms with van der Waals surface area (Å²) in [7, 11) is 1.79. The van der Waals surface area contributed by atoms with Crippen LogP contribution >= 0.6 is 0 Å². The van der Waals surface area contributed by atoms with E-state index in [0.29, 0.717) is 12.1 Å². The molecule has 0 saturated heterocycles. The molecule has 1 amide bonds. The molecule has 0 aliphatic rings. The van der Waals surface area contributed by atoms with Gasteiger partial charge in [0.15, 0.2) is 0 Å². The Kier molecular flexibility index (Phi) is 5.26. The first-order chi connectivity index (χ1) is 10.2. The van der Waals surface area contributed by atoms with Crippen molar-refractivity contribution in [2.45, 2.75) is 19.9 Å². The van der Waals surface area contributed by atoms with Gasteiger partial charge in [0, 0.05) is 44.9 Å². The lowest BCUT2D eigenvalue weighted by atomic mass is 10.2. The molecule has 110 valence electrons. The Morgan fingerprint density at radius 3 is 2.62 bits per heavy atom. The molecular weight excluding hydrogens is 264 g/mol. The smallest absolute Gasteiger partial charge is 0.257 e. The Morgan fingerprint density at radius 1 is 1.19 bits per heavy atom. The van der Waals surface area contributed by atoms with Crippen molar-refractivity contribution in [2.24, 2.45) is 0 Å². The maximum atomic E-state index is 12.6. The van der Waals surface area contributed by atoms with E-state index in [-0.39, 0.29) is 5.91 Å². The summed E-state index contributed by atoms with van der Waals surface area (Å²) < 4.78 is 0. The van der Waals surface area contributed by atoms with Gasteiger partial charge in [0.25, 0.3) is 5.91 Å². The highest BCUT2D eigenvalue weighted by Crippen LogP contribution is 2.16. The highest BCUT2D eigenvalue weighted by atomic mass is 16.2. The van der Waals surface area contributed by atoms with Crippen molar-refractivity contribution in [3.8, 4) is 0 Å². The number of carbonyl (C=O) groups is 1. The van der Waals surface area contributed by atoms with Crippen LogP contribution in [0.1, 0.15) is 29.3 Å². The number of nitrogens with zero attached hydrogens (tertiary/aromatic N) is 3. The molecule has 2 rings (SSSR count). The van der Waals surface area contributed by atoms with Crippen LogP contribution in [0.3, 0.4) is 0 Å². The average molecular weight is 284 g/mol. The molecular formula is C16H20N4O. The summed E-state index contributed by atoms with van der Waals surface area (Å²) in [6, 6.07) is 5.65. The first kappa shape index (κ1) is 15.0. The van der Waals surface area contributed by atoms with E-state index in [4.69, 9.17) is 0 Å². The summed E-state index contributed by atoms with van der Waals surface area (Å²) in [5, 5.41) is 3.27. The van der Waals surface area contributed by atoms with E-state index in [0.717, 1.165) is 24.2 Å². The van der Waals surface area contributed by atoms with Gasteiger partial charge in [-0.15, -0.1) is 0 Å². The second-order valence-electron chi connectivity index (χ2n) is 4.86. The monoisotopic (exact) mass is 284 g/mol. The SMILES string of the molecule is CCCNc1ccncc1C(=O)N(C)Cc1ccncc1. The summed E-state index contributed by atoms with van der Waals surface area (Å²) in [5.41, 5.74) is 2.48. The largest absolute Gasteiger partial charge is 0.384 e. The normalized spacial score (nSPS) is 10.2. The molecule has 2 aromatic rings. The van der Waals surface area contributed by atoms with Gasteiger partial charge in [0.05, 0.1) is 11.3 Å². The van der Waals surface area contributed by atoms with Crippen molar-refractivity contribution >= 4 is 11.6 Å². The maximum absolute atomic E-state index is 12.6. The van der Waals surface area contributed by atoms with E-state index in [1.165, 1.54) is 0 Å². The quantitative estimate of drug-likeness (QED) is 0.885. The molecule has 5 nitrogen and oxygen atoms in total. The Labute approximate surface area is 125 Å². The Morgan fingerprint density at radius 2 is 1.90 bits per heavy atom. The fraction of sp³-hybridized carbons (Fsp3) is 0.312. The summed E-state index contributed by atoms with van der Waals surface area (Å²) >= 11 is 0. The Bertz CT molecular complexity index is 586. The summed E-state index contributed by atoms with van der Waals surface area (Å²) in [6.07, 6.45) is 7.77. The predicted octanol–water partition coefficient (Wildman–Crippen LogP) is 2.57. The van der Waals surface area contributed by atoms with Crippen LogP contribution in [0.4, 0.5) is 5.69 Å². The molecule has 1 N–H and O–H groups in total. The Hall–Kier alpha value is -2.43. The summed E-state index contributed by atoms with van der Waals surface area (Å²) in [6.45, 7) is 3.47. The van der Waals surface area contributed by atoms with Crippen LogP contribution in [0.15, 0.2) is 43.0 Å². The molecule has 0 spiro atoms. The molecule has 0 aliphatic carbocycles. The van der Waals surface area contributed by atoms with Crippen molar-refractivity contribution in [1.29, 1.82) is 0 Å². The number of hydrogen-bond acceptors (Lipinski definition) is 4. The fourth-order valence-corrected chi connectivity index (χ4v) is 2.02. The number of hydrogen-bond donors (Lipinski definition) is 1. The van der Waals surface area contributed by atoms with Crippen LogP contribution in [-0.4, -0.2) is 34.4 Å². The number of rotatable bonds is 6. The van der Waals surface area contributed by atoms with Crippen LogP contribution in [-0.2, 0) is 6.54 Å². The van der Waals surface area contributed by atoms with Crippen molar-refractivity contribution in [3.63, 3.8) is 0 Å². The molecule has 0 aliphatic heterocycles. The lowest BCUT2D eigenvalue weighted by Gasteiger charge is -2.19. The van der Waals surface area contributed by atoms with Crippen molar-refractivity contribution in [1.82, 2.24) is 14.9 Å². The minimum Gasteiger partial charge on any atom is -0.384 e. The standard InChI is InChI=1S/C16H20N4O/c1-3-7-19-15-6-10-18-11-14(15)16(21)20(2)12-13-4-8-17-9-5-13/h4-6,8-11H,3,7,12H2,1-2H3,(H,18,19). The Balaban J connectivity index is 2.12. The van der Waals surface area contributed by atoms with Crippen LogP contribution in [0.2, 0.25) is 0 Å². The zero-order chi connectivity index (χ0) is 15.1. The fourth-order valence-electron chi connectivity index (χ4n) is 2.02. The lowest BCUT2D eigenvalue weighted by Crippen LogP contribution is -2.27. The minimum atomic E-state index is -0.0430. The third-order valence-corrected chi connectivity index (χ3v) is 3.13. The average Bonchev–Trinajstić information content (AvgIpc) is 2.53. The number of nitrogens with one attached hydrogen (secondary N) is 1. The van der Waals surface area contributed by atoms with E-state index in [9.17, 15) is 4.79 Å². The first-order valence-electron chi connectivity index (χ1n) is 7.04. The van der Waals surface area contributed by atoms with Gasteiger partial charge in [-0.3, -0.25) is 14.8 Å². The summed E-state index contributed by atoms with van der Waals surface area (Å²) in [5.74, 6) is -0.0430. The van der Waals surface area contributed by atoms with Gasteiger partial charge in [-0.2, -0.15) is 0 Å². The number of anilines is 1. The van der Waals surface area contributed by atoms with Crippen molar-refractivity contribution < 1.29 is 4.79 Å². The van der Waals surface area contributed by atoms with E-state index < -0.39 is 0 Å². The predicted molar refractivity (Wildman–Crippen MR) is 83.1 cm³/mol. The van der Waals surface area contributed by atoms with Gasteiger partial charge in [-0.25, -0.2) is 0 Å². The molecule has 0 radical (unpaired) electrons. The molecule has 21 heavy (non-hydrogen) atoms. The van der Waals surface area contributed by atoms with E-state index >= 15 is 0 Å². The molecule has 0 aromatic carbocycles. The third-order valence-electron chi connectivity index (χ3n) is 3.13. The van der Waals surface area contributed by atoms with Gasteiger partial charge >= 0.3 is 0 Å². The highest BCUT2D eigenvalue weighted by Gasteiger charge is 2.16.